The molecule has 1 fully saturated rings. The van der Waals surface area contributed by atoms with E-state index in [1.165, 1.54) is 0 Å². The quantitative estimate of drug-likeness (QED) is 0.870. The lowest BCUT2D eigenvalue weighted by Gasteiger charge is -2.05. The molecule has 0 radical (unpaired) electrons. The van der Waals surface area contributed by atoms with Crippen LogP contribution in [-0.2, 0) is 11.3 Å². The summed E-state index contributed by atoms with van der Waals surface area (Å²) in [5.41, 5.74) is 0.899. The molecule has 1 unspecified atom stereocenters. The first-order chi connectivity index (χ1) is 8.58. The van der Waals surface area contributed by atoms with Crippen LogP contribution in [-0.4, -0.2) is 33.4 Å². The first kappa shape index (κ1) is 12.0. The van der Waals surface area contributed by atoms with Crippen molar-refractivity contribution in [3.63, 3.8) is 0 Å². The Labute approximate surface area is 110 Å². The SMILES string of the molecule is FC1(F)CC1OCCn1ncc2cncc(Br)c21. The number of alkyl halides is 2. The summed E-state index contributed by atoms with van der Waals surface area (Å²) in [6.07, 6.45) is 4.00. The van der Waals surface area contributed by atoms with Gasteiger partial charge in [-0.1, -0.05) is 0 Å². The summed E-state index contributed by atoms with van der Waals surface area (Å²) in [7, 11) is 0. The molecule has 2 heterocycles. The third-order valence-electron chi connectivity index (χ3n) is 2.89. The molecule has 18 heavy (non-hydrogen) atoms. The number of hydrogen-bond donors (Lipinski definition) is 0. The predicted octanol–water partition coefficient (Wildman–Crippen LogP) is 2.62. The van der Waals surface area contributed by atoms with E-state index in [1.54, 1.807) is 23.3 Å². The van der Waals surface area contributed by atoms with Gasteiger partial charge in [0, 0.05) is 24.2 Å². The molecule has 96 valence electrons. The minimum Gasteiger partial charge on any atom is -0.370 e. The van der Waals surface area contributed by atoms with Crippen LogP contribution in [0.25, 0.3) is 10.9 Å². The van der Waals surface area contributed by atoms with Crippen LogP contribution in [0.4, 0.5) is 8.78 Å². The standard InChI is InChI=1S/C11H10BrF2N3O/c12-8-6-15-4-7-5-16-17(10(7)8)1-2-18-9-3-11(9,13)14/h4-6,9H,1-3H2. The van der Waals surface area contributed by atoms with Crippen molar-refractivity contribution in [2.75, 3.05) is 6.61 Å². The van der Waals surface area contributed by atoms with Crippen molar-refractivity contribution in [1.29, 1.82) is 0 Å². The van der Waals surface area contributed by atoms with E-state index in [2.05, 4.69) is 26.0 Å². The number of nitrogens with zero attached hydrogens (tertiary/aromatic N) is 3. The Balaban J connectivity index is 1.68. The highest BCUT2D eigenvalue weighted by Gasteiger charge is 2.58. The average molecular weight is 318 g/mol. The van der Waals surface area contributed by atoms with Crippen molar-refractivity contribution < 1.29 is 13.5 Å². The molecular formula is C11H10BrF2N3O. The van der Waals surface area contributed by atoms with Gasteiger partial charge in [-0.25, -0.2) is 8.78 Å². The number of hydrogen-bond acceptors (Lipinski definition) is 3. The van der Waals surface area contributed by atoms with E-state index in [4.69, 9.17) is 4.74 Å². The summed E-state index contributed by atoms with van der Waals surface area (Å²) in [4.78, 5) is 4.03. The first-order valence-electron chi connectivity index (χ1n) is 5.52. The summed E-state index contributed by atoms with van der Waals surface area (Å²) in [5.74, 6) is -2.63. The van der Waals surface area contributed by atoms with Gasteiger partial charge in [0.15, 0.2) is 0 Å². The smallest absolute Gasteiger partial charge is 0.276 e. The molecular weight excluding hydrogens is 308 g/mol. The molecule has 0 spiro atoms. The van der Waals surface area contributed by atoms with E-state index in [-0.39, 0.29) is 13.0 Å². The van der Waals surface area contributed by atoms with Gasteiger partial charge in [0.2, 0.25) is 0 Å². The molecule has 1 atom stereocenters. The van der Waals surface area contributed by atoms with Gasteiger partial charge in [0.25, 0.3) is 5.92 Å². The number of halogens is 3. The van der Waals surface area contributed by atoms with Crippen molar-refractivity contribution in [1.82, 2.24) is 14.8 Å². The average Bonchev–Trinajstić information content (AvgIpc) is 2.73. The van der Waals surface area contributed by atoms with Gasteiger partial charge in [0.05, 0.1) is 29.3 Å². The Kier molecular flexibility index (Phi) is 2.82. The molecule has 1 saturated carbocycles. The highest BCUT2D eigenvalue weighted by atomic mass is 79.9. The topological polar surface area (TPSA) is 39.9 Å². The summed E-state index contributed by atoms with van der Waals surface area (Å²) in [6, 6.07) is 0. The molecule has 0 bridgehead atoms. The van der Waals surface area contributed by atoms with Gasteiger partial charge in [0.1, 0.15) is 6.10 Å². The third kappa shape index (κ3) is 2.12. The molecule has 1 aliphatic carbocycles. The predicted molar refractivity (Wildman–Crippen MR) is 64.5 cm³/mol. The molecule has 2 aromatic heterocycles. The Bertz CT molecular complexity index is 587. The van der Waals surface area contributed by atoms with E-state index >= 15 is 0 Å². The molecule has 4 nitrogen and oxygen atoms in total. The molecule has 1 aliphatic rings. The second kappa shape index (κ2) is 4.24. The number of rotatable bonds is 4. The molecule has 0 N–H and O–H groups in total. The molecule has 0 saturated heterocycles. The Morgan fingerprint density at radius 1 is 1.44 bits per heavy atom. The van der Waals surface area contributed by atoms with Crippen molar-refractivity contribution in [2.45, 2.75) is 25.0 Å². The second-order valence-corrected chi connectivity index (χ2v) is 5.11. The van der Waals surface area contributed by atoms with Gasteiger partial charge < -0.3 is 4.74 Å². The summed E-state index contributed by atoms with van der Waals surface area (Å²) >= 11 is 3.39. The van der Waals surface area contributed by atoms with Gasteiger partial charge >= 0.3 is 0 Å². The Hall–Kier alpha value is -1.08. The van der Waals surface area contributed by atoms with Crippen LogP contribution >= 0.6 is 15.9 Å². The fourth-order valence-corrected chi connectivity index (χ4v) is 2.37. The highest BCUT2D eigenvalue weighted by molar-refractivity contribution is 9.10. The van der Waals surface area contributed by atoms with Crippen LogP contribution in [0.3, 0.4) is 0 Å². The Morgan fingerprint density at radius 3 is 2.94 bits per heavy atom. The molecule has 7 heteroatoms. The maximum atomic E-state index is 12.6. The normalized spacial score (nSPS) is 21.4. The molecule has 0 aliphatic heterocycles. The summed E-state index contributed by atoms with van der Waals surface area (Å²) < 4.78 is 32.9. The van der Waals surface area contributed by atoms with Crippen molar-refractivity contribution in [3.05, 3.63) is 23.1 Å². The van der Waals surface area contributed by atoms with Crippen LogP contribution in [0.5, 0.6) is 0 Å². The molecule has 2 aromatic rings. The minimum atomic E-state index is -2.63. The van der Waals surface area contributed by atoms with E-state index in [0.717, 1.165) is 15.4 Å². The second-order valence-electron chi connectivity index (χ2n) is 4.25. The van der Waals surface area contributed by atoms with Crippen LogP contribution in [0.15, 0.2) is 23.1 Å². The van der Waals surface area contributed by atoms with Crippen molar-refractivity contribution in [2.24, 2.45) is 0 Å². The Morgan fingerprint density at radius 2 is 2.22 bits per heavy atom. The van der Waals surface area contributed by atoms with Gasteiger partial charge in [-0.2, -0.15) is 5.10 Å². The van der Waals surface area contributed by atoms with Crippen molar-refractivity contribution in [3.8, 4) is 0 Å². The van der Waals surface area contributed by atoms with E-state index in [0.29, 0.717) is 6.54 Å². The largest absolute Gasteiger partial charge is 0.370 e. The van der Waals surface area contributed by atoms with Crippen LogP contribution in [0.1, 0.15) is 6.42 Å². The summed E-state index contributed by atoms with van der Waals surface area (Å²) in [6.45, 7) is 0.671. The molecule has 0 amide bonds. The number of fused-ring (bicyclic) bond motifs is 1. The van der Waals surface area contributed by atoms with Crippen LogP contribution < -0.4 is 0 Å². The lowest BCUT2D eigenvalue weighted by molar-refractivity contribution is 0.0103. The zero-order chi connectivity index (χ0) is 12.8. The maximum Gasteiger partial charge on any atom is 0.276 e. The van der Waals surface area contributed by atoms with E-state index < -0.39 is 12.0 Å². The lowest BCUT2D eigenvalue weighted by atomic mass is 10.3. The van der Waals surface area contributed by atoms with Gasteiger partial charge in [-0.3, -0.25) is 9.67 Å². The number of aromatic nitrogens is 3. The summed E-state index contributed by atoms with van der Waals surface area (Å²) in [5, 5.41) is 5.09. The van der Waals surface area contributed by atoms with Crippen LogP contribution in [0.2, 0.25) is 0 Å². The van der Waals surface area contributed by atoms with Crippen LogP contribution in [0, 0.1) is 0 Å². The first-order valence-corrected chi connectivity index (χ1v) is 6.32. The number of pyridine rings is 1. The molecule has 3 rings (SSSR count). The molecule has 0 aromatic carbocycles. The highest BCUT2D eigenvalue weighted by Crippen LogP contribution is 2.44. The van der Waals surface area contributed by atoms with E-state index in [9.17, 15) is 8.78 Å². The van der Waals surface area contributed by atoms with Gasteiger partial charge in [-0.15, -0.1) is 0 Å². The monoisotopic (exact) mass is 317 g/mol. The van der Waals surface area contributed by atoms with Crippen molar-refractivity contribution >= 4 is 26.8 Å². The van der Waals surface area contributed by atoms with E-state index in [1.807, 2.05) is 0 Å². The maximum absolute atomic E-state index is 12.6. The lowest BCUT2D eigenvalue weighted by Crippen LogP contribution is -2.11. The number of ether oxygens (including phenoxy) is 1. The zero-order valence-corrected chi connectivity index (χ0v) is 10.9. The fourth-order valence-electron chi connectivity index (χ4n) is 1.82. The van der Waals surface area contributed by atoms with Gasteiger partial charge in [-0.05, 0) is 15.9 Å². The minimum absolute atomic E-state index is 0.166. The zero-order valence-electron chi connectivity index (χ0n) is 9.31. The third-order valence-corrected chi connectivity index (χ3v) is 3.47. The fraction of sp³-hybridized carbons (Fsp3) is 0.455.